The Morgan fingerprint density at radius 2 is 1.06 bits per heavy atom. The minimum Gasteiger partial charge on any atom is -0.304 e. The van der Waals surface area contributed by atoms with Gasteiger partial charge in [-0.3, -0.25) is 10.0 Å². The molecule has 0 atom stereocenters. The predicted molar refractivity (Wildman–Crippen MR) is 144 cm³/mol. The molecule has 0 amide bonds. The van der Waals surface area contributed by atoms with E-state index < -0.39 is 0 Å². The number of nitrogens with one attached hydrogen (secondary N) is 1. The zero-order valence-electron chi connectivity index (χ0n) is 22.4. The van der Waals surface area contributed by atoms with Gasteiger partial charge in [-0.25, -0.2) is 0 Å². The second-order valence-electron chi connectivity index (χ2n) is 10.9. The van der Waals surface area contributed by atoms with Gasteiger partial charge in [0.05, 0.1) is 17.1 Å². The van der Waals surface area contributed by atoms with E-state index in [-0.39, 0.29) is 0 Å². The van der Waals surface area contributed by atoms with Crippen LogP contribution in [-0.4, -0.2) is 25.5 Å². The summed E-state index contributed by atoms with van der Waals surface area (Å²) >= 11 is 0. The maximum Gasteiger partial charge on any atom is 0.0688 e. The van der Waals surface area contributed by atoms with Crippen LogP contribution in [0.1, 0.15) is 101 Å². The average Bonchev–Trinajstić information content (AvgIpc) is 3.14. The Hall–Kier alpha value is -2.30. The van der Waals surface area contributed by atoms with Crippen molar-refractivity contribution in [2.75, 3.05) is 30.7 Å². The fourth-order valence-corrected chi connectivity index (χ4v) is 4.71. The number of nitrogens with zero attached hydrogens (tertiary/aromatic N) is 3. The molecule has 0 saturated heterocycles. The van der Waals surface area contributed by atoms with E-state index in [1.54, 1.807) is 0 Å². The quantitative estimate of drug-likeness (QED) is 0.456. The molecule has 4 heteroatoms. The maximum atomic E-state index is 3.81. The van der Waals surface area contributed by atoms with E-state index in [1.807, 2.05) is 0 Å². The third-order valence-electron chi connectivity index (χ3n) is 6.40. The number of rotatable bonds is 8. The van der Waals surface area contributed by atoms with Crippen molar-refractivity contribution in [3.05, 3.63) is 70.5 Å². The number of hydrazine groups is 2. The average molecular weight is 449 g/mol. The minimum atomic E-state index is 0.435. The van der Waals surface area contributed by atoms with Gasteiger partial charge in [-0.2, -0.15) is 0 Å². The van der Waals surface area contributed by atoms with Crippen LogP contribution in [-0.2, 0) is 0 Å². The van der Waals surface area contributed by atoms with Gasteiger partial charge in [0.15, 0.2) is 0 Å². The lowest BCUT2D eigenvalue weighted by atomic mass is 9.92. The Bertz CT molecular complexity index is 933. The maximum absolute atomic E-state index is 3.81. The topological polar surface area (TPSA) is 21.8 Å². The van der Waals surface area contributed by atoms with Crippen LogP contribution in [0.5, 0.6) is 0 Å². The van der Waals surface area contributed by atoms with Crippen molar-refractivity contribution in [2.24, 2.45) is 0 Å². The van der Waals surface area contributed by atoms with Gasteiger partial charge >= 0.3 is 0 Å². The molecule has 2 aromatic carbocycles. The molecule has 0 saturated carbocycles. The molecule has 0 bridgehead atoms. The first-order chi connectivity index (χ1) is 15.5. The lowest BCUT2D eigenvalue weighted by Crippen LogP contribution is -2.43. The highest BCUT2D eigenvalue weighted by atomic mass is 15.8. The molecule has 0 fully saturated rings. The number of benzene rings is 2. The van der Waals surface area contributed by atoms with E-state index in [0.29, 0.717) is 23.7 Å². The van der Waals surface area contributed by atoms with Crippen LogP contribution in [0.15, 0.2) is 48.3 Å². The third kappa shape index (κ3) is 5.28. The molecule has 1 aliphatic rings. The Morgan fingerprint density at radius 1 is 0.667 bits per heavy atom. The molecule has 0 unspecified atom stereocenters. The molecule has 33 heavy (non-hydrogen) atoms. The highest BCUT2D eigenvalue weighted by molar-refractivity contribution is 5.70. The van der Waals surface area contributed by atoms with Gasteiger partial charge in [0.25, 0.3) is 0 Å². The van der Waals surface area contributed by atoms with Crippen LogP contribution >= 0.6 is 0 Å². The molecule has 1 heterocycles. The van der Waals surface area contributed by atoms with Crippen molar-refractivity contribution in [2.45, 2.75) is 79.1 Å². The molecule has 3 rings (SSSR count). The molecular formula is C29H44N4. The monoisotopic (exact) mass is 448 g/mol. The normalized spacial score (nSPS) is 14.6. The van der Waals surface area contributed by atoms with Crippen LogP contribution in [0, 0.1) is 0 Å². The molecule has 2 aromatic rings. The van der Waals surface area contributed by atoms with Gasteiger partial charge in [-0.15, -0.1) is 5.53 Å². The Labute approximate surface area is 202 Å². The largest absolute Gasteiger partial charge is 0.304 e. The van der Waals surface area contributed by atoms with Gasteiger partial charge in [-0.05, 0) is 60.0 Å². The van der Waals surface area contributed by atoms with Crippen molar-refractivity contribution in [1.82, 2.24) is 10.4 Å². The van der Waals surface area contributed by atoms with E-state index in [0.717, 1.165) is 6.54 Å². The summed E-state index contributed by atoms with van der Waals surface area (Å²) in [5.41, 5.74) is 13.1. The highest BCUT2D eigenvalue weighted by Gasteiger charge is 2.31. The van der Waals surface area contributed by atoms with E-state index >= 15 is 0 Å². The van der Waals surface area contributed by atoms with E-state index in [2.05, 4.69) is 133 Å². The summed E-state index contributed by atoms with van der Waals surface area (Å²) < 4.78 is 0. The molecule has 180 valence electrons. The van der Waals surface area contributed by atoms with Crippen molar-refractivity contribution in [3.8, 4) is 0 Å². The second kappa shape index (κ2) is 10.3. The minimum absolute atomic E-state index is 0.435. The highest BCUT2D eigenvalue weighted by Crippen LogP contribution is 2.41. The van der Waals surface area contributed by atoms with Gasteiger partial charge < -0.3 is 4.90 Å². The zero-order chi connectivity index (χ0) is 24.4. The summed E-state index contributed by atoms with van der Waals surface area (Å²) in [6, 6.07) is 13.5. The lowest BCUT2D eigenvalue weighted by Gasteiger charge is -2.33. The van der Waals surface area contributed by atoms with Crippen molar-refractivity contribution in [1.29, 1.82) is 0 Å². The zero-order valence-corrected chi connectivity index (χ0v) is 22.4. The standard InChI is InChI=1S/C29H44N4/c1-19(2)24-13-11-14-25(20(3)4)28(24)32-18-23(17-31(9)10)33(30-32)29-26(21(5)6)15-12-16-27(29)22(7)8/h11-16,18-22,30H,17H2,1-10H3. The Kier molecular flexibility index (Phi) is 7.92. The molecule has 1 N–H and O–H groups in total. The summed E-state index contributed by atoms with van der Waals surface area (Å²) in [4.78, 5) is 2.24. The smallest absolute Gasteiger partial charge is 0.0688 e. The van der Waals surface area contributed by atoms with Gasteiger partial charge in [0.2, 0.25) is 0 Å². The number of anilines is 2. The first-order valence-corrected chi connectivity index (χ1v) is 12.5. The molecule has 4 nitrogen and oxygen atoms in total. The van der Waals surface area contributed by atoms with Crippen LogP contribution in [0.3, 0.4) is 0 Å². The number of hydrogen-bond donors (Lipinski definition) is 1. The van der Waals surface area contributed by atoms with Gasteiger partial charge in [0.1, 0.15) is 0 Å². The number of likely N-dealkylation sites (N-methyl/N-ethyl adjacent to an activating group) is 1. The molecule has 0 radical (unpaired) electrons. The summed E-state index contributed by atoms with van der Waals surface area (Å²) in [6.07, 6.45) is 2.30. The summed E-state index contributed by atoms with van der Waals surface area (Å²) in [5, 5.41) is 4.61. The first kappa shape index (κ1) is 25.3. The predicted octanol–water partition coefficient (Wildman–Crippen LogP) is 7.33. The lowest BCUT2D eigenvalue weighted by molar-refractivity contribution is 0.439. The molecular weight excluding hydrogens is 404 g/mol. The number of hydrogen-bond acceptors (Lipinski definition) is 4. The number of para-hydroxylation sites is 2. The van der Waals surface area contributed by atoms with Crippen molar-refractivity contribution in [3.63, 3.8) is 0 Å². The molecule has 0 aromatic heterocycles. The van der Waals surface area contributed by atoms with Crippen molar-refractivity contribution < 1.29 is 0 Å². The van der Waals surface area contributed by atoms with Crippen LogP contribution in [0.25, 0.3) is 0 Å². The second-order valence-corrected chi connectivity index (χ2v) is 10.9. The van der Waals surface area contributed by atoms with Gasteiger partial charge in [0, 0.05) is 12.7 Å². The Balaban J connectivity index is 2.20. The fourth-order valence-electron chi connectivity index (χ4n) is 4.71. The van der Waals surface area contributed by atoms with Gasteiger partial charge in [-0.1, -0.05) is 91.8 Å². The SMILES string of the molecule is CC(C)c1cccc(C(C)C)c1N1C=C(CN(C)C)N(c2c(C(C)C)cccc2C(C)C)N1. The van der Waals surface area contributed by atoms with E-state index in [4.69, 9.17) is 0 Å². The summed E-state index contributed by atoms with van der Waals surface area (Å²) in [5.74, 6) is 1.75. The van der Waals surface area contributed by atoms with Crippen molar-refractivity contribution >= 4 is 11.4 Å². The van der Waals surface area contributed by atoms with Crippen LogP contribution in [0.4, 0.5) is 11.4 Å². The first-order valence-electron chi connectivity index (χ1n) is 12.5. The van der Waals surface area contributed by atoms with E-state index in [9.17, 15) is 0 Å². The fraction of sp³-hybridized carbons (Fsp3) is 0.517. The molecule has 0 aliphatic carbocycles. The molecule has 1 aliphatic heterocycles. The van der Waals surface area contributed by atoms with E-state index in [1.165, 1.54) is 39.3 Å². The Morgan fingerprint density at radius 3 is 1.42 bits per heavy atom. The van der Waals surface area contributed by atoms with Crippen LogP contribution in [0.2, 0.25) is 0 Å². The molecule has 0 spiro atoms. The third-order valence-corrected chi connectivity index (χ3v) is 6.40. The summed E-state index contributed by atoms with van der Waals surface area (Å²) in [6.45, 7) is 19.1. The van der Waals surface area contributed by atoms with Crippen LogP contribution < -0.4 is 15.6 Å². The summed E-state index contributed by atoms with van der Waals surface area (Å²) in [7, 11) is 4.28.